The van der Waals surface area contributed by atoms with Gasteiger partial charge in [0.1, 0.15) is 0 Å². The van der Waals surface area contributed by atoms with Crippen LogP contribution in [0.4, 0.5) is 0 Å². The highest BCUT2D eigenvalue weighted by molar-refractivity contribution is 9.10. The van der Waals surface area contributed by atoms with Gasteiger partial charge in [0, 0.05) is 17.1 Å². The summed E-state index contributed by atoms with van der Waals surface area (Å²) in [4.78, 5) is 0. The predicted octanol–water partition coefficient (Wildman–Crippen LogP) is 5.07. The van der Waals surface area contributed by atoms with Gasteiger partial charge in [0.05, 0.1) is 0 Å². The van der Waals surface area contributed by atoms with Crippen LogP contribution in [0.25, 0.3) is 0 Å². The third kappa shape index (κ3) is 3.36. The number of hydrogen-bond donors (Lipinski definition) is 1. The monoisotopic (exact) mass is 309 g/mol. The van der Waals surface area contributed by atoms with Gasteiger partial charge < -0.3 is 5.32 Å². The maximum Gasteiger partial charge on any atom is 0.0292 e. The molecule has 0 spiro atoms. The van der Waals surface area contributed by atoms with Gasteiger partial charge in [0.15, 0.2) is 0 Å². The Morgan fingerprint density at radius 3 is 2.39 bits per heavy atom. The standard InChI is InChI=1S/C16H24BrN/c1-3-16(10-4-5-11-16)12-18-13(2)14-6-8-15(17)9-7-14/h6-9,13,18H,3-5,10-12H2,1-2H3. The topological polar surface area (TPSA) is 12.0 Å². The van der Waals surface area contributed by atoms with Gasteiger partial charge in [-0.05, 0) is 49.3 Å². The van der Waals surface area contributed by atoms with Crippen molar-refractivity contribution in [3.63, 3.8) is 0 Å². The molecule has 0 bridgehead atoms. The van der Waals surface area contributed by atoms with E-state index in [1.807, 2.05) is 0 Å². The molecule has 0 aromatic heterocycles. The molecule has 2 rings (SSSR count). The summed E-state index contributed by atoms with van der Waals surface area (Å²) in [6, 6.07) is 9.10. The van der Waals surface area contributed by atoms with Gasteiger partial charge in [-0.15, -0.1) is 0 Å². The van der Waals surface area contributed by atoms with Crippen molar-refractivity contribution in [2.24, 2.45) is 5.41 Å². The van der Waals surface area contributed by atoms with Crippen LogP contribution in [0.3, 0.4) is 0 Å². The van der Waals surface area contributed by atoms with Crippen LogP contribution < -0.4 is 5.32 Å². The first-order valence-corrected chi connectivity index (χ1v) is 7.93. The minimum atomic E-state index is 0.446. The van der Waals surface area contributed by atoms with Crippen molar-refractivity contribution in [3.05, 3.63) is 34.3 Å². The van der Waals surface area contributed by atoms with E-state index in [4.69, 9.17) is 0 Å². The molecule has 1 aliphatic carbocycles. The minimum Gasteiger partial charge on any atom is -0.310 e. The molecule has 0 amide bonds. The first-order chi connectivity index (χ1) is 8.65. The van der Waals surface area contributed by atoms with E-state index in [9.17, 15) is 0 Å². The third-order valence-electron chi connectivity index (χ3n) is 4.57. The fourth-order valence-electron chi connectivity index (χ4n) is 3.02. The molecule has 1 saturated carbocycles. The Hall–Kier alpha value is -0.340. The quantitative estimate of drug-likeness (QED) is 0.800. The summed E-state index contributed by atoms with van der Waals surface area (Å²) in [5.74, 6) is 0. The molecule has 1 unspecified atom stereocenters. The Balaban J connectivity index is 1.91. The zero-order valence-corrected chi connectivity index (χ0v) is 13.1. The van der Waals surface area contributed by atoms with Crippen LogP contribution in [0.2, 0.25) is 0 Å². The van der Waals surface area contributed by atoms with Gasteiger partial charge >= 0.3 is 0 Å². The molecule has 1 aromatic rings. The second kappa shape index (κ2) is 6.21. The summed E-state index contributed by atoms with van der Waals surface area (Å²) >= 11 is 3.49. The molecule has 1 atom stereocenters. The molecular weight excluding hydrogens is 286 g/mol. The number of nitrogens with one attached hydrogen (secondary N) is 1. The van der Waals surface area contributed by atoms with E-state index < -0.39 is 0 Å². The molecule has 18 heavy (non-hydrogen) atoms. The van der Waals surface area contributed by atoms with E-state index in [0.717, 1.165) is 4.47 Å². The molecule has 1 aromatic carbocycles. The summed E-state index contributed by atoms with van der Waals surface area (Å²) in [5.41, 5.74) is 1.95. The van der Waals surface area contributed by atoms with Crippen molar-refractivity contribution in [2.45, 2.75) is 52.0 Å². The molecule has 1 nitrogen and oxygen atoms in total. The fourth-order valence-corrected chi connectivity index (χ4v) is 3.28. The normalized spacial score (nSPS) is 19.9. The highest BCUT2D eigenvalue weighted by Gasteiger charge is 2.31. The molecule has 1 aliphatic rings. The van der Waals surface area contributed by atoms with E-state index in [1.54, 1.807) is 0 Å². The molecule has 1 fully saturated rings. The number of hydrogen-bond acceptors (Lipinski definition) is 1. The molecule has 0 aliphatic heterocycles. The average molecular weight is 310 g/mol. The van der Waals surface area contributed by atoms with Gasteiger partial charge in [-0.3, -0.25) is 0 Å². The van der Waals surface area contributed by atoms with Gasteiger partial charge in [-0.25, -0.2) is 0 Å². The van der Waals surface area contributed by atoms with Gasteiger partial charge in [-0.1, -0.05) is 47.8 Å². The summed E-state index contributed by atoms with van der Waals surface area (Å²) in [5, 5.41) is 3.74. The van der Waals surface area contributed by atoms with Crippen LogP contribution in [0.1, 0.15) is 57.6 Å². The van der Waals surface area contributed by atoms with Crippen LogP contribution in [-0.2, 0) is 0 Å². The van der Waals surface area contributed by atoms with Gasteiger partial charge in [0.2, 0.25) is 0 Å². The van der Waals surface area contributed by atoms with Crippen molar-refractivity contribution in [1.82, 2.24) is 5.32 Å². The second-order valence-corrected chi connectivity index (χ2v) is 6.63. The summed E-state index contributed by atoms with van der Waals surface area (Å²) in [6.07, 6.45) is 6.96. The zero-order chi connectivity index (χ0) is 13.0. The van der Waals surface area contributed by atoms with E-state index in [-0.39, 0.29) is 0 Å². The van der Waals surface area contributed by atoms with E-state index in [1.165, 1.54) is 44.2 Å². The Kier molecular flexibility index (Phi) is 4.85. The predicted molar refractivity (Wildman–Crippen MR) is 81.8 cm³/mol. The summed E-state index contributed by atoms with van der Waals surface area (Å²) < 4.78 is 1.15. The lowest BCUT2D eigenvalue weighted by Gasteiger charge is -2.29. The number of halogens is 1. The molecule has 1 N–H and O–H groups in total. The summed E-state index contributed by atoms with van der Waals surface area (Å²) in [7, 11) is 0. The molecule has 0 saturated heterocycles. The second-order valence-electron chi connectivity index (χ2n) is 5.71. The molecular formula is C16H24BrN. The van der Waals surface area contributed by atoms with Crippen LogP contribution >= 0.6 is 15.9 Å². The lowest BCUT2D eigenvalue weighted by Crippen LogP contribution is -2.33. The van der Waals surface area contributed by atoms with Crippen LogP contribution in [0.5, 0.6) is 0 Å². The lowest BCUT2D eigenvalue weighted by atomic mass is 9.83. The Labute approximate surface area is 119 Å². The average Bonchev–Trinajstić information content (AvgIpc) is 2.86. The minimum absolute atomic E-state index is 0.446. The fraction of sp³-hybridized carbons (Fsp3) is 0.625. The van der Waals surface area contributed by atoms with Crippen molar-refractivity contribution in [1.29, 1.82) is 0 Å². The third-order valence-corrected chi connectivity index (χ3v) is 5.10. The zero-order valence-electron chi connectivity index (χ0n) is 11.5. The largest absolute Gasteiger partial charge is 0.310 e. The Morgan fingerprint density at radius 1 is 1.22 bits per heavy atom. The van der Waals surface area contributed by atoms with Crippen molar-refractivity contribution < 1.29 is 0 Å². The van der Waals surface area contributed by atoms with Crippen molar-refractivity contribution in [2.75, 3.05) is 6.54 Å². The first kappa shape index (κ1) is 14.1. The van der Waals surface area contributed by atoms with Gasteiger partial charge in [0.25, 0.3) is 0 Å². The maximum absolute atomic E-state index is 3.74. The summed E-state index contributed by atoms with van der Waals surface area (Å²) in [6.45, 7) is 5.78. The molecule has 100 valence electrons. The Morgan fingerprint density at radius 2 is 1.83 bits per heavy atom. The molecule has 0 heterocycles. The number of benzene rings is 1. The van der Waals surface area contributed by atoms with Crippen LogP contribution in [-0.4, -0.2) is 6.54 Å². The maximum atomic E-state index is 3.74. The first-order valence-electron chi connectivity index (χ1n) is 7.14. The van der Waals surface area contributed by atoms with Crippen molar-refractivity contribution in [3.8, 4) is 0 Å². The van der Waals surface area contributed by atoms with E-state index >= 15 is 0 Å². The lowest BCUT2D eigenvalue weighted by molar-refractivity contribution is 0.259. The SMILES string of the molecule is CCC1(CNC(C)c2ccc(Br)cc2)CCCC1. The van der Waals surface area contributed by atoms with Gasteiger partial charge in [-0.2, -0.15) is 0 Å². The van der Waals surface area contributed by atoms with Crippen LogP contribution in [0, 0.1) is 5.41 Å². The van der Waals surface area contributed by atoms with E-state index in [2.05, 4.69) is 59.4 Å². The highest BCUT2D eigenvalue weighted by Crippen LogP contribution is 2.40. The Bertz CT molecular complexity index is 365. The highest BCUT2D eigenvalue weighted by atomic mass is 79.9. The molecule has 2 heteroatoms. The molecule has 0 radical (unpaired) electrons. The number of rotatable bonds is 5. The van der Waals surface area contributed by atoms with E-state index in [0.29, 0.717) is 11.5 Å². The van der Waals surface area contributed by atoms with Crippen molar-refractivity contribution >= 4 is 15.9 Å². The van der Waals surface area contributed by atoms with Crippen LogP contribution in [0.15, 0.2) is 28.7 Å². The smallest absolute Gasteiger partial charge is 0.0292 e.